The first-order valence-corrected chi connectivity index (χ1v) is 22.1. The van der Waals surface area contributed by atoms with Gasteiger partial charge in [-0.25, -0.2) is 9.97 Å². The highest BCUT2D eigenvalue weighted by Crippen LogP contribution is 2.56. The summed E-state index contributed by atoms with van der Waals surface area (Å²) in [4.78, 5) is 10.6. The van der Waals surface area contributed by atoms with Crippen molar-refractivity contribution >= 4 is 22.9 Å². The van der Waals surface area contributed by atoms with Crippen molar-refractivity contribution in [1.82, 2.24) is 9.97 Å². The SMILES string of the molecule is C1=Cc2c(-c3ccccc3)ccc(-c3cc(-c4ccccc4)nc(-c4ccc5cc(-c6ccc7c(c6)C(c6ccccc6)(c6ccccc6)c6ccccc6-7)ccc5c4)n3)c2C=CC1. The zero-order valence-electron chi connectivity index (χ0n) is 35.2. The molecule has 0 N–H and O–H groups in total. The minimum atomic E-state index is -0.446. The minimum Gasteiger partial charge on any atom is -0.228 e. The van der Waals surface area contributed by atoms with Crippen molar-refractivity contribution in [2.75, 3.05) is 0 Å². The van der Waals surface area contributed by atoms with Gasteiger partial charge in [-0.15, -0.1) is 0 Å². The summed E-state index contributed by atoms with van der Waals surface area (Å²) in [6.45, 7) is 0. The van der Waals surface area contributed by atoms with Gasteiger partial charge in [-0.1, -0.05) is 218 Å². The molecular weight excluding hydrogens is 773 g/mol. The molecular formula is C62H42N2. The van der Waals surface area contributed by atoms with E-state index in [1.807, 2.05) is 6.07 Å². The molecule has 300 valence electrons. The van der Waals surface area contributed by atoms with Crippen LogP contribution in [0.5, 0.6) is 0 Å². The fourth-order valence-electron chi connectivity index (χ4n) is 10.2. The van der Waals surface area contributed by atoms with Crippen molar-refractivity contribution in [3.63, 3.8) is 0 Å². The van der Waals surface area contributed by atoms with E-state index in [-0.39, 0.29) is 0 Å². The van der Waals surface area contributed by atoms with E-state index in [1.54, 1.807) is 0 Å². The van der Waals surface area contributed by atoms with Crippen molar-refractivity contribution in [3.8, 4) is 67.3 Å². The average molecular weight is 815 g/mol. The molecule has 0 bridgehead atoms. The van der Waals surface area contributed by atoms with E-state index in [0.29, 0.717) is 5.82 Å². The fraction of sp³-hybridized carbons (Fsp3) is 0.0323. The zero-order chi connectivity index (χ0) is 42.5. The predicted molar refractivity (Wildman–Crippen MR) is 267 cm³/mol. The van der Waals surface area contributed by atoms with E-state index in [4.69, 9.17) is 9.97 Å². The fourth-order valence-corrected chi connectivity index (χ4v) is 10.2. The highest BCUT2D eigenvalue weighted by atomic mass is 14.9. The first-order valence-electron chi connectivity index (χ1n) is 22.1. The molecule has 0 aliphatic heterocycles. The summed E-state index contributed by atoms with van der Waals surface area (Å²) in [5, 5.41) is 2.31. The Morgan fingerprint density at radius 2 is 0.828 bits per heavy atom. The molecule has 2 aliphatic carbocycles. The van der Waals surface area contributed by atoms with Gasteiger partial charge in [0, 0.05) is 16.7 Å². The summed E-state index contributed by atoms with van der Waals surface area (Å²) in [7, 11) is 0. The molecule has 0 radical (unpaired) electrons. The molecule has 1 aromatic heterocycles. The number of hydrogen-bond donors (Lipinski definition) is 0. The lowest BCUT2D eigenvalue weighted by molar-refractivity contribution is 0.769. The number of fused-ring (bicyclic) bond motifs is 5. The number of benzene rings is 9. The molecule has 0 saturated heterocycles. The second-order valence-electron chi connectivity index (χ2n) is 16.8. The van der Waals surface area contributed by atoms with Gasteiger partial charge < -0.3 is 0 Å². The van der Waals surface area contributed by atoms with E-state index in [9.17, 15) is 0 Å². The Morgan fingerprint density at radius 1 is 0.328 bits per heavy atom. The van der Waals surface area contributed by atoms with Gasteiger partial charge in [-0.2, -0.15) is 0 Å². The van der Waals surface area contributed by atoms with Crippen LogP contribution in [0, 0.1) is 0 Å². The molecule has 0 saturated carbocycles. The van der Waals surface area contributed by atoms with Crippen LogP contribution in [0.3, 0.4) is 0 Å². The largest absolute Gasteiger partial charge is 0.228 e. The lowest BCUT2D eigenvalue weighted by Crippen LogP contribution is -2.28. The van der Waals surface area contributed by atoms with Gasteiger partial charge in [0.1, 0.15) is 0 Å². The number of hydrogen-bond acceptors (Lipinski definition) is 2. The maximum absolute atomic E-state index is 5.36. The van der Waals surface area contributed by atoms with E-state index >= 15 is 0 Å². The zero-order valence-corrected chi connectivity index (χ0v) is 35.2. The highest BCUT2D eigenvalue weighted by Gasteiger charge is 2.46. The second-order valence-corrected chi connectivity index (χ2v) is 16.8. The van der Waals surface area contributed by atoms with Crippen LogP contribution in [0.2, 0.25) is 0 Å². The molecule has 0 atom stereocenters. The third kappa shape index (κ3) is 6.26. The van der Waals surface area contributed by atoms with Crippen LogP contribution in [0.25, 0.3) is 90.2 Å². The standard InChI is InChI=1S/C62H42N2/c1-6-18-42(19-7-1)51-36-37-56(53-27-15-5-14-26-52(51)53)60-41-59(43-20-8-2-9-21-43)63-61(64-60)48-33-32-44-38-45(30-31-46(44)39-48)47-34-35-55-54-28-16-17-29-57(54)62(58(55)40-47,49-22-10-3-11-23-49)50-24-12-4-13-25-50/h1-4,6-41H,5H2. The third-order valence-corrected chi connectivity index (χ3v) is 13.2. The van der Waals surface area contributed by atoms with Crippen LogP contribution in [0.15, 0.2) is 231 Å². The maximum atomic E-state index is 5.36. The highest BCUT2D eigenvalue weighted by molar-refractivity contribution is 5.94. The van der Waals surface area contributed by atoms with Crippen LogP contribution in [-0.4, -0.2) is 9.97 Å². The summed E-state index contributed by atoms with van der Waals surface area (Å²) >= 11 is 0. The van der Waals surface area contributed by atoms with Gasteiger partial charge >= 0.3 is 0 Å². The van der Waals surface area contributed by atoms with Gasteiger partial charge in [-0.05, 0) is 108 Å². The molecule has 0 spiro atoms. The smallest absolute Gasteiger partial charge is 0.160 e. The molecule has 10 aromatic rings. The molecule has 0 amide bonds. The Kier molecular flexibility index (Phi) is 9.16. The third-order valence-electron chi connectivity index (χ3n) is 13.2. The lowest BCUT2D eigenvalue weighted by Gasteiger charge is -2.34. The summed E-state index contributed by atoms with van der Waals surface area (Å²) in [6, 6.07) is 79.2. The molecule has 0 fully saturated rings. The predicted octanol–water partition coefficient (Wildman–Crippen LogP) is 15.8. The Balaban J connectivity index is 0.968. The molecule has 2 aliphatic rings. The molecule has 9 aromatic carbocycles. The van der Waals surface area contributed by atoms with Crippen molar-refractivity contribution in [1.29, 1.82) is 0 Å². The normalized spacial score (nSPS) is 13.2. The summed E-state index contributed by atoms with van der Waals surface area (Å²) < 4.78 is 0. The van der Waals surface area contributed by atoms with Crippen molar-refractivity contribution in [3.05, 3.63) is 264 Å². The first-order chi connectivity index (χ1) is 31.7. The van der Waals surface area contributed by atoms with E-state index < -0.39 is 5.41 Å². The molecule has 12 rings (SSSR count). The second kappa shape index (κ2) is 15.6. The van der Waals surface area contributed by atoms with Gasteiger partial charge in [0.2, 0.25) is 0 Å². The van der Waals surface area contributed by atoms with Crippen LogP contribution in [0.1, 0.15) is 39.8 Å². The van der Waals surface area contributed by atoms with Crippen LogP contribution >= 0.6 is 0 Å². The minimum absolute atomic E-state index is 0.446. The molecule has 64 heavy (non-hydrogen) atoms. The Morgan fingerprint density at radius 3 is 1.53 bits per heavy atom. The number of rotatable bonds is 7. The molecule has 2 heteroatoms. The number of nitrogens with zero attached hydrogens (tertiary/aromatic N) is 2. The van der Waals surface area contributed by atoms with Gasteiger partial charge in [0.25, 0.3) is 0 Å². The lowest BCUT2D eigenvalue weighted by atomic mass is 9.67. The molecule has 2 nitrogen and oxygen atoms in total. The summed E-state index contributed by atoms with van der Waals surface area (Å²) in [5.41, 5.74) is 19.4. The summed E-state index contributed by atoms with van der Waals surface area (Å²) in [5.74, 6) is 0.702. The van der Waals surface area contributed by atoms with E-state index in [2.05, 4.69) is 237 Å². The Bertz CT molecular complexity index is 3400. The number of aromatic nitrogens is 2. The Labute approximate surface area is 374 Å². The van der Waals surface area contributed by atoms with Gasteiger partial charge in [0.15, 0.2) is 5.82 Å². The molecule has 1 heterocycles. The van der Waals surface area contributed by atoms with E-state index in [1.165, 1.54) is 72.1 Å². The van der Waals surface area contributed by atoms with Crippen molar-refractivity contribution in [2.45, 2.75) is 11.8 Å². The average Bonchev–Trinajstić information content (AvgIpc) is 3.46. The number of allylic oxidation sites excluding steroid dienone is 2. The summed E-state index contributed by atoms with van der Waals surface area (Å²) in [6.07, 6.45) is 9.89. The van der Waals surface area contributed by atoms with Crippen LogP contribution in [-0.2, 0) is 5.41 Å². The van der Waals surface area contributed by atoms with Crippen molar-refractivity contribution in [2.24, 2.45) is 0 Å². The molecule has 0 unspecified atom stereocenters. The van der Waals surface area contributed by atoms with Crippen LogP contribution < -0.4 is 0 Å². The monoisotopic (exact) mass is 814 g/mol. The van der Waals surface area contributed by atoms with Gasteiger partial charge in [-0.3, -0.25) is 0 Å². The van der Waals surface area contributed by atoms with Crippen LogP contribution in [0.4, 0.5) is 0 Å². The van der Waals surface area contributed by atoms with Crippen molar-refractivity contribution < 1.29 is 0 Å². The quantitative estimate of drug-likeness (QED) is 0.160. The van der Waals surface area contributed by atoms with Gasteiger partial charge in [0.05, 0.1) is 16.8 Å². The Hall–Kier alpha value is -8.20. The maximum Gasteiger partial charge on any atom is 0.160 e. The topological polar surface area (TPSA) is 25.8 Å². The first kappa shape index (κ1) is 37.6. The van der Waals surface area contributed by atoms with E-state index in [0.717, 1.165) is 39.9 Å².